The third kappa shape index (κ3) is 2.13. The lowest BCUT2D eigenvalue weighted by Gasteiger charge is -2.14. The van der Waals surface area contributed by atoms with Gasteiger partial charge in [-0.3, -0.25) is 0 Å². The van der Waals surface area contributed by atoms with Gasteiger partial charge in [-0.25, -0.2) is 4.68 Å². The molecule has 0 saturated heterocycles. The minimum atomic E-state index is 0.788. The van der Waals surface area contributed by atoms with E-state index in [1.165, 1.54) is 22.4 Å². The highest BCUT2D eigenvalue weighted by Gasteiger charge is 2.13. The van der Waals surface area contributed by atoms with Crippen molar-refractivity contribution in [1.29, 1.82) is 0 Å². The summed E-state index contributed by atoms with van der Waals surface area (Å²) in [6.45, 7) is 8.53. The summed E-state index contributed by atoms with van der Waals surface area (Å²) in [6, 6.07) is 4.38. The highest BCUT2D eigenvalue weighted by molar-refractivity contribution is 5.53. The molecule has 1 heterocycles. The van der Waals surface area contributed by atoms with E-state index in [0.717, 1.165) is 24.2 Å². The molecule has 2 rings (SSSR count). The Morgan fingerprint density at radius 1 is 1.17 bits per heavy atom. The first-order valence-corrected chi connectivity index (χ1v) is 6.45. The Kier molecular flexibility index (Phi) is 3.41. The SMILES string of the molecule is CCCc1c(N)cnn1-c1c(C)cc(C)cc1C. The Morgan fingerprint density at radius 2 is 1.78 bits per heavy atom. The molecule has 0 fully saturated rings. The van der Waals surface area contributed by atoms with E-state index in [0.29, 0.717) is 0 Å². The van der Waals surface area contributed by atoms with Gasteiger partial charge in [0.05, 0.1) is 23.3 Å². The molecule has 96 valence electrons. The number of nitrogen functional groups attached to an aromatic ring is 1. The van der Waals surface area contributed by atoms with Crippen molar-refractivity contribution in [3.63, 3.8) is 0 Å². The first-order valence-electron chi connectivity index (χ1n) is 6.45. The quantitative estimate of drug-likeness (QED) is 0.898. The van der Waals surface area contributed by atoms with Gasteiger partial charge in [0.1, 0.15) is 0 Å². The van der Waals surface area contributed by atoms with Crippen LogP contribution in [0.3, 0.4) is 0 Å². The smallest absolute Gasteiger partial charge is 0.0737 e. The first kappa shape index (κ1) is 12.7. The molecule has 1 aromatic heterocycles. The van der Waals surface area contributed by atoms with E-state index >= 15 is 0 Å². The van der Waals surface area contributed by atoms with Crippen LogP contribution in [0.4, 0.5) is 5.69 Å². The van der Waals surface area contributed by atoms with Crippen molar-refractivity contribution in [1.82, 2.24) is 9.78 Å². The summed E-state index contributed by atoms with van der Waals surface area (Å²) in [7, 11) is 0. The van der Waals surface area contributed by atoms with Gasteiger partial charge >= 0.3 is 0 Å². The maximum atomic E-state index is 6.01. The molecule has 0 saturated carbocycles. The monoisotopic (exact) mass is 243 g/mol. The molecule has 3 heteroatoms. The van der Waals surface area contributed by atoms with Crippen LogP contribution in [0.1, 0.15) is 35.7 Å². The molecule has 0 unspecified atom stereocenters. The Morgan fingerprint density at radius 3 is 2.33 bits per heavy atom. The van der Waals surface area contributed by atoms with Crippen LogP contribution in [0.2, 0.25) is 0 Å². The van der Waals surface area contributed by atoms with Crippen molar-refractivity contribution in [2.24, 2.45) is 0 Å². The van der Waals surface area contributed by atoms with Gasteiger partial charge in [0, 0.05) is 0 Å². The largest absolute Gasteiger partial charge is 0.396 e. The zero-order valence-electron chi connectivity index (χ0n) is 11.6. The zero-order valence-corrected chi connectivity index (χ0v) is 11.6. The minimum absolute atomic E-state index is 0.788. The topological polar surface area (TPSA) is 43.8 Å². The molecular weight excluding hydrogens is 222 g/mol. The predicted octanol–water partition coefficient (Wildman–Crippen LogP) is 3.33. The number of aromatic nitrogens is 2. The number of aryl methyl sites for hydroxylation is 3. The predicted molar refractivity (Wildman–Crippen MR) is 76.2 cm³/mol. The van der Waals surface area contributed by atoms with Gasteiger partial charge in [0.2, 0.25) is 0 Å². The fourth-order valence-electron chi connectivity index (χ4n) is 2.57. The lowest BCUT2D eigenvalue weighted by atomic mass is 10.0. The second-order valence-electron chi connectivity index (χ2n) is 4.96. The van der Waals surface area contributed by atoms with Crippen molar-refractivity contribution in [2.45, 2.75) is 40.5 Å². The number of nitrogens with two attached hydrogens (primary N) is 1. The molecule has 2 aromatic rings. The molecule has 0 aliphatic carbocycles. The Hall–Kier alpha value is -1.77. The molecule has 2 N–H and O–H groups in total. The van der Waals surface area contributed by atoms with Crippen molar-refractivity contribution in [3.05, 3.63) is 40.7 Å². The maximum absolute atomic E-state index is 6.01. The lowest BCUT2D eigenvalue weighted by Crippen LogP contribution is -2.07. The lowest BCUT2D eigenvalue weighted by molar-refractivity contribution is 0.768. The normalized spacial score (nSPS) is 10.9. The van der Waals surface area contributed by atoms with E-state index in [-0.39, 0.29) is 0 Å². The van der Waals surface area contributed by atoms with E-state index in [1.807, 2.05) is 4.68 Å². The van der Waals surface area contributed by atoms with E-state index in [2.05, 4.69) is 44.9 Å². The second-order valence-corrected chi connectivity index (χ2v) is 4.96. The van der Waals surface area contributed by atoms with Crippen molar-refractivity contribution in [2.75, 3.05) is 5.73 Å². The molecule has 0 bridgehead atoms. The molecule has 3 nitrogen and oxygen atoms in total. The third-order valence-corrected chi connectivity index (χ3v) is 3.24. The van der Waals surface area contributed by atoms with Crippen LogP contribution >= 0.6 is 0 Å². The molecule has 0 spiro atoms. The number of nitrogens with zero attached hydrogens (tertiary/aromatic N) is 2. The van der Waals surface area contributed by atoms with Crippen molar-refractivity contribution in [3.8, 4) is 5.69 Å². The summed E-state index contributed by atoms with van der Waals surface area (Å²) in [6.07, 6.45) is 3.78. The summed E-state index contributed by atoms with van der Waals surface area (Å²) in [4.78, 5) is 0. The van der Waals surface area contributed by atoms with Crippen LogP contribution in [0.5, 0.6) is 0 Å². The molecule has 0 aliphatic rings. The van der Waals surface area contributed by atoms with Crippen LogP contribution in [0, 0.1) is 20.8 Å². The van der Waals surface area contributed by atoms with Gasteiger partial charge < -0.3 is 5.73 Å². The summed E-state index contributed by atoms with van der Waals surface area (Å²) in [5, 5.41) is 4.45. The van der Waals surface area contributed by atoms with Gasteiger partial charge in [-0.15, -0.1) is 0 Å². The van der Waals surface area contributed by atoms with Gasteiger partial charge in [-0.2, -0.15) is 5.10 Å². The molecule has 0 aliphatic heterocycles. The highest BCUT2D eigenvalue weighted by atomic mass is 15.3. The van der Waals surface area contributed by atoms with E-state index in [4.69, 9.17) is 5.73 Å². The van der Waals surface area contributed by atoms with Crippen LogP contribution in [-0.2, 0) is 6.42 Å². The van der Waals surface area contributed by atoms with Gasteiger partial charge in [0.25, 0.3) is 0 Å². The number of hydrogen-bond donors (Lipinski definition) is 1. The van der Waals surface area contributed by atoms with Crippen LogP contribution < -0.4 is 5.73 Å². The van der Waals surface area contributed by atoms with Gasteiger partial charge in [-0.05, 0) is 38.3 Å². The summed E-state index contributed by atoms with van der Waals surface area (Å²) in [5.41, 5.74) is 12.9. The molecule has 0 radical (unpaired) electrons. The molecule has 0 atom stereocenters. The van der Waals surface area contributed by atoms with Crippen LogP contribution in [0.25, 0.3) is 5.69 Å². The summed E-state index contributed by atoms with van der Waals surface area (Å²) >= 11 is 0. The van der Waals surface area contributed by atoms with Crippen LogP contribution in [0.15, 0.2) is 18.3 Å². The molecule has 0 amide bonds. The molecule has 18 heavy (non-hydrogen) atoms. The molecule has 1 aromatic carbocycles. The Bertz CT molecular complexity index is 544. The third-order valence-electron chi connectivity index (χ3n) is 3.24. The second kappa shape index (κ2) is 4.84. The van der Waals surface area contributed by atoms with E-state index < -0.39 is 0 Å². The average molecular weight is 243 g/mol. The molecular formula is C15H21N3. The Balaban J connectivity index is 2.62. The van der Waals surface area contributed by atoms with E-state index in [9.17, 15) is 0 Å². The van der Waals surface area contributed by atoms with Crippen LogP contribution in [-0.4, -0.2) is 9.78 Å². The van der Waals surface area contributed by atoms with Crippen molar-refractivity contribution >= 4 is 5.69 Å². The van der Waals surface area contributed by atoms with Gasteiger partial charge in [0.15, 0.2) is 0 Å². The van der Waals surface area contributed by atoms with Gasteiger partial charge in [-0.1, -0.05) is 31.0 Å². The first-order chi connectivity index (χ1) is 8.54. The summed E-state index contributed by atoms with van der Waals surface area (Å²) < 4.78 is 2.00. The minimum Gasteiger partial charge on any atom is -0.396 e. The van der Waals surface area contributed by atoms with Crippen molar-refractivity contribution < 1.29 is 0 Å². The zero-order chi connectivity index (χ0) is 13.3. The number of hydrogen-bond acceptors (Lipinski definition) is 2. The maximum Gasteiger partial charge on any atom is 0.0737 e. The summed E-state index contributed by atoms with van der Waals surface area (Å²) in [5.74, 6) is 0. The standard InChI is InChI=1S/C15H21N3/c1-5-6-14-13(16)9-17-18(14)15-11(3)7-10(2)8-12(15)4/h7-9H,5-6,16H2,1-4H3. The Labute approximate surface area is 109 Å². The number of rotatable bonds is 3. The average Bonchev–Trinajstić information content (AvgIpc) is 2.61. The number of anilines is 1. The fourth-order valence-corrected chi connectivity index (χ4v) is 2.57. The number of benzene rings is 1. The fraction of sp³-hybridized carbons (Fsp3) is 0.400. The van der Waals surface area contributed by atoms with E-state index in [1.54, 1.807) is 6.20 Å². The highest BCUT2D eigenvalue weighted by Crippen LogP contribution is 2.24.